The number of nitrogen functional groups attached to an aromatic ring is 1. The van der Waals surface area contributed by atoms with E-state index in [0.717, 1.165) is 6.20 Å². The monoisotopic (exact) mass is 314 g/mol. The van der Waals surface area contributed by atoms with E-state index in [-0.39, 0.29) is 17.5 Å². The van der Waals surface area contributed by atoms with Crippen molar-refractivity contribution in [3.8, 4) is 0 Å². The van der Waals surface area contributed by atoms with E-state index in [1.807, 2.05) is 0 Å². The lowest BCUT2D eigenvalue weighted by Gasteiger charge is -2.09. The van der Waals surface area contributed by atoms with E-state index in [4.69, 9.17) is 29.0 Å². The van der Waals surface area contributed by atoms with Gasteiger partial charge in [0.15, 0.2) is 0 Å². The second-order valence-electron chi connectivity index (χ2n) is 3.58. The fraction of sp³-hybridized carbons (Fsp3) is 0. The van der Waals surface area contributed by atoms with E-state index in [1.165, 1.54) is 6.07 Å². The zero-order chi connectivity index (χ0) is 14.7. The van der Waals surface area contributed by atoms with Crippen LogP contribution in [-0.2, 0) is 0 Å². The van der Waals surface area contributed by atoms with Crippen molar-refractivity contribution in [2.45, 2.75) is 0 Å². The van der Waals surface area contributed by atoms with Crippen molar-refractivity contribution in [1.29, 1.82) is 0 Å². The second-order valence-corrected chi connectivity index (χ2v) is 4.42. The average Bonchev–Trinajstić information content (AvgIpc) is 2.42. The van der Waals surface area contributed by atoms with Crippen molar-refractivity contribution in [3.05, 3.63) is 44.6 Å². The number of hydrazine groups is 1. The van der Waals surface area contributed by atoms with E-state index >= 15 is 0 Å². The Morgan fingerprint density at radius 2 is 2.10 bits per heavy atom. The highest BCUT2D eigenvalue weighted by Gasteiger charge is 2.18. The van der Waals surface area contributed by atoms with Crippen LogP contribution in [0.25, 0.3) is 0 Å². The fourth-order valence-corrected chi connectivity index (χ4v) is 1.73. The molecule has 8 nitrogen and oxygen atoms in total. The zero-order valence-electron chi connectivity index (χ0n) is 9.80. The summed E-state index contributed by atoms with van der Waals surface area (Å²) in [5.41, 5.74) is 2.26. The summed E-state index contributed by atoms with van der Waals surface area (Å²) in [6.45, 7) is 0. The first-order valence-corrected chi connectivity index (χ1v) is 5.97. The molecule has 1 aromatic carbocycles. The van der Waals surface area contributed by atoms with Gasteiger partial charge in [-0.15, -0.1) is 0 Å². The molecule has 0 aliphatic carbocycles. The molecular formula is C10H8Cl2N6O2. The van der Waals surface area contributed by atoms with Gasteiger partial charge in [-0.25, -0.2) is 10.8 Å². The van der Waals surface area contributed by atoms with Crippen LogP contribution in [0.2, 0.25) is 10.0 Å². The molecule has 20 heavy (non-hydrogen) atoms. The van der Waals surface area contributed by atoms with Crippen molar-refractivity contribution < 1.29 is 4.92 Å². The number of aromatic nitrogens is 2. The summed E-state index contributed by atoms with van der Waals surface area (Å²) < 4.78 is 0. The Bertz CT molecular complexity index is 666. The molecule has 0 saturated carbocycles. The maximum Gasteiger partial charge on any atom is 0.329 e. The van der Waals surface area contributed by atoms with Crippen LogP contribution in [0.4, 0.5) is 23.1 Å². The van der Waals surface area contributed by atoms with Crippen LogP contribution in [0.1, 0.15) is 0 Å². The maximum atomic E-state index is 10.9. The minimum absolute atomic E-state index is 0.0243. The standard InChI is InChI=1S/C10H8Cl2N6O2/c11-5-1-2-6(12)7(3-5)15-9-8(18(19)20)4-14-10(16-9)17-13/h1-4H,13H2,(H2,14,15,16,17). The summed E-state index contributed by atoms with van der Waals surface area (Å²) in [7, 11) is 0. The molecule has 0 atom stereocenters. The van der Waals surface area contributed by atoms with Gasteiger partial charge in [-0.3, -0.25) is 15.5 Å². The predicted octanol–water partition coefficient (Wildman–Crippen LogP) is 2.72. The molecule has 2 rings (SSSR count). The molecule has 0 unspecified atom stereocenters. The van der Waals surface area contributed by atoms with Crippen molar-refractivity contribution in [1.82, 2.24) is 9.97 Å². The summed E-state index contributed by atoms with van der Waals surface area (Å²) in [4.78, 5) is 17.9. The lowest BCUT2D eigenvalue weighted by atomic mass is 10.3. The van der Waals surface area contributed by atoms with Gasteiger partial charge in [0.25, 0.3) is 0 Å². The Morgan fingerprint density at radius 1 is 1.35 bits per heavy atom. The largest absolute Gasteiger partial charge is 0.333 e. The van der Waals surface area contributed by atoms with Gasteiger partial charge in [-0.05, 0) is 18.2 Å². The van der Waals surface area contributed by atoms with Gasteiger partial charge in [-0.1, -0.05) is 23.2 Å². The van der Waals surface area contributed by atoms with Crippen LogP contribution in [-0.4, -0.2) is 14.9 Å². The molecule has 0 spiro atoms. The van der Waals surface area contributed by atoms with Gasteiger partial charge in [0.2, 0.25) is 11.8 Å². The highest BCUT2D eigenvalue weighted by atomic mass is 35.5. The smallest absolute Gasteiger partial charge is 0.329 e. The first-order valence-electron chi connectivity index (χ1n) is 5.21. The molecule has 4 N–H and O–H groups in total. The summed E-state index contributed by atoms with van der Waals surface area (Å²) in [6.07, 6.45) is 1.03. The minimum Gasteiger partial charge on any atom is -0.333 e. The van der Waals surface area contributed by atoms with E-state index in [0.29, 0.717) is 15.7 Å². The van der Waals surface area contributed by atoms with Crippen LogP contribution < -0.4 is 16.6 Å². The molecule has 1 aromatic heterocycles. The minimum atomic E-state index is -0.624. The lowest BCUT2D eigenvalue weighted by Crippen LogP contribution is -2.12. The Labute approximate surface area is 123 Å². The van der Waals surface area contributed by atoms with E-state index in [9.17, 15) is 10.1 Å². The van der Waals surface area contributed by atoms with Gasteiger partial charge in [0, 0.05) is 5.02 Å². The number of hydrogen-bond acceptors (Lipinski definition) is 7. The molecule has 10 heteroatoms. The number of nitro groups is 1. The van der Waals surface area contributed by atoms with Crippen LogP contribution >= 0.6 is 23.2 Å². The number of benzene rings is 1. The molecule has 0 aliphatic rings. The molecule has 104 valence electrons. The van der Waals surface area contributed by atoms with Gasteiger partial charge < -0.3 is 5.32 Å². The second kappa shape index (κ2) is 5.87. The number of nitrogens with two attached hydrogens (primary N) is 1. The Hall–Kier alpha value is -2.16. The van der Waals surface area contributed by atoms with Gasteiger partial charge in [-0.2, -0.15) is 4.98 Å². The fourth-order valence-electron chi connectivity index (χ4n) is 1.39. The number of hydrogen-bond donors (Lipinski definition) is 3. The zero-order valence-corrected chi connectivity index (χ0v) is 11.3. The molecule has 0 saturated heterocycles. The van der Waals surface area contributed by atoms with Crippen molar-refractivity contribution >= 4 is 46.3 Å². The highest BCUT2D eigenvalue weighted by molar-refractivity contribution is 6.35. The van der Waals surface area contributed by atoms with Crippen molar-refractivity contribution in [2.75, 3.05) is 10.7 Å². The molecular weight excluding hydrogens is 307 g/mol. The Balaban J connectivity index is 2.45. The third-order valence-corrected chi connectivity index (χ3v) is 2.84. The van der Waals surface area contributed by atoms with Crippen molar-refractivity contribution in [3.63, 3.8) is 0 Å². The molecule has 2 aromatic rings. The normalized spacial score (nSPS) is 10.2. The van der Waals surface area contributed by atoms with Crippen molar-refractivity contribution in [2.24, 2.45) is 5.84 Å². The van der Waals surface area contributed by atoms with Gasteiger partial charge in [0.05, 0.1) is 15.6 Å². The molecule has 0 fully saturated rings. The molecule has 1 heterocycles. The SMILES string of the molecule is NNc1ncc([N+](=O)[O-])c(Nc2cc(Cl)ccc2Cl)n1. The van der Waals surface area contributed by atoms with Crippen LogP contribution in [0, 0.1) is 10.1 Å². The van der Waals surface area contributed by atoms with E-state index < -0.39 is 4.92 Å². The Kier molecular flexibility index (Phi) is 4.18. The number of rotatable bonds is 4. The molecule has 0 radical (unpaired) electrons. The van der Waals surface area contributed by atoms with Gasteiger partial charge in [0.1, 0.15) is 6.20 Å². The summed E-state index contributed by atoms with van der Waals surface area (Å²) in [6, 6.07) is 4.67. The third kappa shape index (κ3) is 3.05. The third-order valence-electron chi connectivity index (χ3n) is 2.28. The number of halogens is 2. The van der Waals surface area contributed by atoms with Crippen LogP contribution in [0.3, 0.4) is 0 Å². The number of anilines is 3. The highest BCUT2D eigenvalue weighted by Crippen LogP contribution is 2.31. The lowest BCUT2D eigenvalue weighted by molar-refractivity contribution is -0.384. The van der Waals surface area contributed by atoms with Gasteiger partial charge >= 0.3 is 5.69 Å². The summed E-state index contributed by atoms with van der Waals surface area (Å²) >= 11 is 11.8. The number of nitrogens with zero attached hydrogens (tertiary/aromatic N) is 3. The summed E-state index contributed by atoms with van der Waals surface area (Å²) in [5.74, 6) is 5.14. The van der Waals surface area contributed by atoms with E-state index in [1.54, 1.807) is 12.1 Å². The average molecular weight is 315 g/mol. The molecule has 0 aliphatic heterocycles. The first kappa shape index (κ1) is 14.3. The summed E-state index contributed by atoms with van der Waals surface area (Å²) in [5, 5.41) is 14.4. The topological polar surface area (TPSA) is 119 Å². The molecule has 0 amide bonds. The van der Waals surface area contributed by atoms with E-state index in [2.05, 4.69) is 20.7 Å². The maximum absolute atomic E-state index is 10.9. The van der Waals surface area contributed by atoms with Crippen LogP contribution in [0.15, 0.2) is 24.4 Å². The first-order chi connectivity index (χ1) is 9.51. The quantitative estimate of drug-likeness (QED) is 0.451. The number of nitrogens with one attached hydrogen (secondary N) is 2. The Morgan fingerprint density at radius 3 is 2.75 bits per heavy atom. The van der Waals surface area contributed by atoms with Crippen LogP contribution in [0.5, 0.6) is 0 Å². The predicted molar refractivity (Wildman–Crippen MR) is 76.2 cm³/mol. The molecule has 0 bridgehead atoms.